The number of fused-ring (bicyclic) bond motifs is 3. The fraction of sp³-hybridized carbons (Fsp3) is 0.296. The molecule has 0 heterocycles. The van der Waals surface area contributed by atoms with E-state index < -0.39 is 11.6 Å². The number of nitrogens with one attached hydrogen (secondary N) is 1. The van der Waals surface area contributed by atoms with Gasteiger partial charge in [-0.3, -0.25) is 4.79 Å². The zero-order chi connectivity index (χ0) is 23.7. The molecule has 0 bridgehead atoms. The molecule has 1 aliphatic rings. The molecule has 1 N–H and O–H groups in total. The number of hydrogen-bond donors (Lipinski definition) is 1. The molecule has 4 rings (SSSR count). The Kier molecular flexibility index (Phi) is 6.47. The van der Waals surface area contributed by atoms with Crippen molar-refractivity contribution in [2.75, 3.05) is 14.2 Å². The molecule has 33 heavy (non-hydrogen) atoms. The third kappa shape index (κ3) is 4.35. The van der Waals surface area contributed by atoms with Crippen LogP contribution in [0.4, 0.5) is 8.78 Å². The minimum atomic E-state index is -0.878. The largest absolute Gasteiger partial charge is 0.496 e. The molecule has 0 unspecified atom stereocenters. The summed E-state index contributed by atoms with van der Waals surface area (Å²) < 4.78 is 38.2. The predicted molar refractivity (Wildman–Crippen MR) is 125 cm³/mol. The summed E-state index contributed by atoms with van der Waals surface area (Å²) in [5, 5.41) is 3.45. The average molecular weight is 452 g/mol. The first kappa shape index (κ1) is 22.9. The molecule has 0 aromatic heterocycles. The van der Waals surface area contributed by atoms with Crippen LogP contribution in [0.15, 0.2) is 47.3 Å². The second-order valence-corrected chi connectivity index (χ2v) is 8.39. The molecule has 3 aromatic rings. The number of aryl methyl sites for hydroxylation is 2. The van der Waals surface area contributed by atoms with Crippen LogP contribution in [0.5, 0.6) is 11.5 Å². The van der Waals surface area contributed by atoms with E-state index in [0.29, 0.717) is 12.1 Å². The Morgan fingerprint density at radius 1 is 1.00 bits per heavy atom. The van der Waals surface area contributed by atoms with Crippen molar-refractivity contribution in [2.24, 2.45) is 0 Å². The molecule has 0 aliphatic heterocycles. The number of hydrogen-bond acceptors (Lipinski definition) is 4. The van der Waals surface area contributed by atoms with Gasteiger partial charge in [-0.15, -0.1) is 0 Å². The number of benzene rings is 2. The van der Waals surface area contributed by atoms with Crippen molar-refractivity contribution in [1.29, 1.82) is 0 Å². The van der Waals surface area contributed by atoms with E-state index in [4.69, 9.17) is 9.47 Å². The monoisotopic (exact) mass is 451 g/mol. The summed E-state index contributed by atoms with van der Waals surface area (Å²) in [6, 6.07) is 11.1. The summed E-state index contributed by atoms with van der Waals surface area (Å²) in [5.41, 5.74) is 6.44. The van der Waals surface area contributed by atoms with Crippen molar-refractivity contribution >= 4 is 0 Å². The van der Waals surface area contributed by atoms with E-state index >= 15 is 0 Å². The minimum Gasteiger partial charge on any atom is -0.496 e. The maximum atomic E-state index is 13.7. The standard InChI is InChI=1S/C27H27F2NO3/c1-15-11-18-6-9-23(30-14-17-5-8-21(28)22(29)12-17)20-13-24(31)25(32-3)10-7-19(20)26(18)27(33-4)16(15)2/h5,7-8,10-13,23,30H,6,9,14H2,1-4H3/t23-/m0/s1. The molecule has 1 aliphatic carbocycles. The fourth-order valence-corrected chi connectivity index (χ4v) is 4.57. The first-order chi connectivity index (χ1) is 15.8. The Labute approximate surface area is 192 Å². The molecule has 4 nitrogen and oxygen atoms in total. The predicted octanol–water partition coefficient (Wildman–Crippen LogP) is 5.40. The van der Waals surface area contributed by atoms with Crippen molar-refractivity contribution in [2.45, 2.75) is 39.3 Å². The molecule has 3 aromatic carbocycles. The zero-order valence-electron chi connectivity index (χ0n) is 19.2. The Morgan fingerprint density at radius 2 is 1.79 bits per heavy atom. The van der Waals surface area contributed by atoms with Gasteiger partial charge in [-0.25, -0.2) is 8.78 Å². The van der Waals surface area contributed by atoms with Crippen LogP contribution in [-0.4, -0.2) is 14.2 Å². The van der Waals surface area contributed by atoms with E-state index in [1.54, 1.807) is 25.3 Å². The summed E-state index contributed by atoms with van der Waals surface area (Å²) in [4.78, 5) is 12.8. The highest BCUT2D eigenvalue weighted by Gasteiger charge is 2.26. The summed E-state index contributed by atoms with van der Waals surface area (Å²) in [6.45, 7) is 4.42. The van der Waals surface area contributed by atoms with E-state index in [1.807, 2.05) is 13.0 Å². The Balaban J connectivity index is 1.86. The molecule has 0 radical (unpaired) electrons. The van der Waals surface area contributed by atoms with Crippen LogP contribution < -0.4 is 20.2 Å². The minimum absolute atomic E-state index is 0.185. The van der Waals surface area contributed by atoms with Crippen LogP contribution in [0, 0.1) is 25.5 Å². The highest BCUT2D eigenvalue weighted by Crippen LogP contribution is 2.44. The van der Waals surface area contributed by atoms with Gasteiger partial charge in [-0.05, 0) is 84.3 Å². The normalized spacial score (nSPS) is 14.8. The van der Waals surface area contributed by atoms with Crippen molar-refractivity contribution in [3.8, 4) is 22.6 Å². The molecular formula is C27H27F2NO3. The fourth-order valence-electron chi connectivity index (χ4n) is 4.57. The lowest BCUT2D eigenvalue weighted by molar-refractivity contribution is 0.411. The topological polar surface area (TPSA) is 47.6 Å². The number of rotatable bonds is 5. The second-order valence-electron chi connectivity index (χ2n) is 8.39. The summed E-state index contributed by atoms with van der Waals surface area (Å²) >= 11 is 0. The highest BCUT2D eigenvalue weighted by atomic mass is 19.2. The Morgan fingerprint density at radius 3 is 2.48 bits per heavy atom. The number of halogens is 2. The van der Waals surface area contributed by atoms with Gasteiger partial charge >= 0.3 is 0 Å². The molecule has 0 spiro atoms. The molecule has 1 atom stereocenters. The van der Waals surface area contributed by atoms with Gasteiger partial charge in [0, 0.05) is 18.2 Å². The molecular weight excluding hydrogens is 424 g/mol. The van der Waals surface area contributed by atoms with Crippen molar-refractivity contribution in [3.63, 3.8) is 0 Å². The van der Waals surface area contributed by atoms with Crippen molar-refractivity contribution < 1.29 is 18.3 Å². The van der Waals surface area contributed by atoms with Gasteiger partial charge in [-0.2, -0.15) is 0 Å². The first-order valence-corrected chi connectivity index (χ1v) is 10.9. The van der Waals surface area contributed by atoms with E-state index in [0.717, 1.165) is 58.0 Å². The molecule has 0 saturated heterocycles. The van der Waals surface area contributed by atoms with Crippen LogP contribution in [0.25, 0.3) is 11.1 Å². The van der Waals surface area contributed by atoms with Crippen molar-refractivity contribution in [3.05, 3.63) is 92.1 Å². The number of methoxy groups -OCH3 is 2. The van der Waals surface area contributed by atoms with E-state index in [2.05, 4.69) is 18.3 Å². The van der Waals surface area contributed by atoms with Crippen LogP contribution in [0.1, 0.15) is 40.3 Å². The molecule has 6 heteroatoms. The van der Waals surface area contributed by atoms with Gasteiger partial charge in [0.1, 0.15) is 5.75 Å². The van der Waals surface area contributed by atoms with Crippen LogP contribution >= 0.6 is 0 Å². The molecule has 172 valence electrons. The van der Waals surface area contributed by atoms with Crippen molar-refractivity contribution in [1.82, 2.24) is 5.32 Å². The van der Waals surface area contributed by atoms with Gasteiger partial charge in [0.25, 0.3) is 0 Å². The summed E-state index contributed by atoms with van der Waals surface area (Å²) in [5.74, 6) is -0.699. The van der Waals surface area contributed by atoms with Gasteiger partial charge in [0.05, 0.1) is 14.2 Å². The highest BCUT2D eigenvalue weighted by molar-refractivity contribution is 5.80. The van der Waals surface area contributed by atoms with Gasteiger partial charge in [0.2, 0.25) is 5.43 Å². The number of ether oxygens (including phenoxy) is 2. The summed E-state index contributed by atoms with van der Waals surface area (Å²) in [7, 11) is 3.14. The smallest absolute Gasteiger partial charge is 0.220 e. The average Bonchev–Trinajstić information content (AvgIpc) is 3.04. The third-order valence-corrected chi connectivity index (χ3v) is 6.42. The first-order valence-electron chi connectivity index (χ1n) is 10.9. The second kappa shape index (κ2) is 9.32. The van der Waals surface area contributed by atoms with Gasteiger partial charge in [-0.1, -0.05) is 18.2 Å². The van der Waals surface area contributed by atoms with E-state index in [9.17, 15) is 13.6 Å². The summed E-state index contributed by atoms with van der Waals surface area (Å²) in [6.07, 6.45) is 1.49. The lowest BCUT2D eigenvalue weighted by Gasteiger charge is -2.19. The Hall–Kier alpha value is -3.25. The third-order valence-electron chi connectivity index (χ3n) is 6.42. The van der Waals surface area contributed by atoms with Crippen LogP contribution in [0.3, 0.4) is 0 Å². The quantitative estimate of drug-likeness (QED) is 0.564. The van der Waals surface area contributed by atoms with E-state index in [-0.39, 0.29) is 17.2 Å². The maximum Gasteiger partial charge on any atom is 0.220 e. The van der Waals surface area contributed by atoms with Gasteiger partial charge in [0.15, 0.2) is 17.4 Å². The lowest BCUT2D eigenvalue weighted by atomic mass is 9.92. The van der Waals surface area contributed by atoms with Crippen LogP contribution in [0.2, 0.25) is 0 Å². The van der Waals surface area contributed by atoms with Gasteiger partial charge < -0.3 is 14.8 Å². The molecule has 0 fully saturated rings. The molecule has 0 saturated carbocycles. The molecule has 0 amide bonds. The lowest BCUT2D eigenvalue weighted by Crippen LogP contribution is -2.22. The zero-order valence-corrected chi connectivity index (χ0v) is 19.2. The Bertz CT molecular complexity index is 1270. The van der Waals surface area contributed by atoms with E-state index in [1.165, 1.54) is 13.2 Å². The SMILES string of the molecule is COc1c(C)c(C)cc2c1-c1ccc(OC)c(=O)cc1[C@@H](NCc1ccc(F)c(F)c1)CC2. The van der Waals surface area contributed by atoms with Crippen LogP contribution in [-0.2, 0) is 13.0 Å². The maximum absolute atomic E-state index is 13.7.